The van der Waals surface area contributed by atoms with Crippen LogP contribution in [0.4, 0.5) is 17.3 Å². The van der Waals surface area contributed by atoms with Gasteiger partial charge in [0.1, 0.15) is 12.0 Å². The second-order valence-corrected chi connectivity index (χ2v) is 5.34. The van der Waals surface area contributed by atoms with Gasteiger partial charge >= 0.3 is 0 Å². The second-order valence-electron chi connectivity index (χ2n) is 5.34. The number of hydrogen-bond donors (Lipinski definition) is 4. The summed E-state index contributed by atoms with van der Waals surface area (Å²) in [6, 6.07) is 0.345. The van der Waals surface area contributed by atoms with Gasteiger partial charge in [-0.1, -0.05) is 0 Å². The molecule has 6 heteroatoms. The lowest BCUT2D eigenvalue weighted by Gasteiger charge is -2.24. The van der Waals surface area contributed by atoms with Gasteiger partial charge in [-0.25, -0.2) is 9.97 Å². The van der Waals surface area contributed by atoms with Crippen molar-refractivity contribution >= 4 is 17.3 Å². The summed E-state index contributed by atoms with van der Waals surface area (Å²) in [7, 11) is 0. The number of nitrogen functional groups attached to an aromatic ring is 2. The molecule has 1 aromatic rings. The fourth-order valence-corrected chi connectivity index (χ4v) is 3.30. The van der Waals surface area contributed by atoms with Gasteiger partial charge in [0.2, 0.25) is 0 Å². The largest absolute Gasteiger partial charge is 0.396 e. The molecular formula is C12H19N5O. The quantitative estimate of drug-likeness (QED) is 0.617. The van der Waals surface area contributed by atoms with Crippen molar-refractivity contribution in [1.82, 2.24) is 9.97 Å². The van der Waals surface area contributed by atoms with E-state index in [4.69, 9.17) is 16.6 Å². The fourth-order valence-electron chi connectivity index (χ4n) is 3.30. The lowest BCUT2D eigenvalue weighted by Crippen LogP contribution is -2.28. The Morgan fingerprint density at radius 3 is 2.94 bits per heavy atom. The average molecular weight is 249 g/mol. The zero-order chi connectivity index (χ0) is 12.7. The van der Waals surface area contributed by atoms with Crippen molar-refractivity contribution < 1.29 is 5.11 Å². The maximum Gasteiger partial charge on any atom is 0.155 e. The summed E-state index contributed by atoms with van der Waals surface area (Å²) in [5, 5.41) is 12.5. The molecule has 0 amide bonds. The van der Waals surface area contributed by atoms with Crippen LogP contribution >= 0.6 is 0 Å². The van der Waals surface area contributed by atoms with E-state index < -0.39 is 0 Å². The molecule has 0 bridgehead atoms. The van der Waals surface area contributed by atoms with Gasteiger partial charge in [0.05, 0.1) is 0 Å². The molecule has 2 aliphatic carbocycles. The summed E-state index contributed by atoms with van der Waals surface area (Å²) in [5.41, 5.74) is 11.9. The molecule has 1 aromatic heterocycles. The summed E-state index contributed by atoms with van der Waals surface area (Å²) in [4.78, 5) is 8.00. The number of hydrogen-bond acceptors (Lipinski definition) is 6. The van der Waals surface area contributed by atoms with E-state index in [1.165, 1.54) is 12.7 Å². The van der Waals surface area contributed by atoms with Gasteiger partial charge in [-0.2, -0.15) is 0 Å². The van der Waals surface area contributed by atoms with Crippen molar-refractivity contribution in [2.45, 2.75) is 25.3 Å². The third-order valence-electron chi connectivity index (χ3n) is 4.30. The number of aliphatic hydroxyl groups is 1. The van der Waals surface area contributed by atoms with Crippen LogP contribution in [0.2, 0.25) is 0 Å². The molecular weight excluding hydrogens is 230 g/mol. The highest BCUT2D eigenvalue weighted by Gasteiger charge is 2.52. The van der Waals surface area contributed by atoms with E-state index in [0.717, 1.165) is 24.7 Å². The Bertz CT molecular complexity index is 452. The lowest BCUT2D eigenvalue weighted by atomic mass is 9.95. The minimum atomic E-state index is 0.244. The van der Waals surface area contributed by atoms with Crippen molar-refractivity contribution in [2.75, 3.05) is 23.4 Å². The molecule has 18 heavy (non-hydrogen) atoms. The molecule has 4 atom stereocenters. The zero-order valence-electron chi connectivity index (χ0n) is 10.2. The van der Waals surface area contributed by atoms with Gasteiger partial charge in [0.25, 0.3) is 0 Å². The molecule has 2 fully saturated rings. The molecule has 0 saturated heterocycles. The van der Waals surface area contributed by atoms with Gasteiger partial charge < -0.3 is 21.9 Å². The van der Waals surface area contributed by atoms with E-state index in [1.807, 2.05) is 0 Å². The van der Waals surface area contributed by atoms with E-state index in [2.05, 4.69) is 15.3 Å². The van der Waals surface area contributed by atoms with E-state index in [9.17, 15) is 0 Å². The highest BCUT2D eigenvalue weighted by molar-refractivity contribution is 5.72. The van der Waals surface area contributed by atoms with Gasteiger partial charge in [-0.15, -0.1) is 0 Å². The minimum absolute atomic E-state index is 0.244. The summed E-state index contributed by atoms with van der Waals surface area (Å²) in [5.74, 6) is 3.05. The lowest BCUT2D eigenvalue weighted by molar-refractivity contribution is 0.243. The first-order chi connectivity index (χ1) is 8.70. The van der Waals surface area contributed by atoms with Crippen LogP contribution in [0.1, 0.15) is 19.3 Å². The fraction of sp³-hybridized carbons (Fsp3) is 0.667. The summed E-state index contributed by atoms with van der Waals surface area (Å²) in [6.45, 7) is 0.244. The van der Waals surface area contributed by atoms with Gasteiger partial charge in [-0.05, 0) is 37.0 Å². The predicted octanol–water partition coefficient (Wildman–Crippen LogP) is 0.460. The van der Waals surface area contributed by atoms with E-state index in [0.29, 0.717) is 29.3 Å². The van der Waals surface area contributed by atoms with Gasteiger partial charge in [0.15, 0.2) is 11.6 Å². The van der Waals surface area contributed by atoms with Gasteiger partial charge in [0, 0.05) is 12.6 Å². The third-order valence-corrected chi connectivity index (χ3v) is 4.30. The summed E-state index contributed by atoms with van der Waals surface area (Å²) < 4.78 is 0. The smallest absolute Gasteiger partial charge is 0.155 e. The molecule has 1 heterocycles. The average Bonchev–Trinajstić information content (AvgIpc) is 3.03. The number of aliphatic hydroxyl groups excluding tert-OH is 1. The molecule has 0 aromatic carbocycles. The zero-order valence-corrected chi connectivity index (χ0v) is 10.2. The standard InChI is InChI=1S/C12H19N5O/c13-10-11(14)15-5-16-12(10)17-9-4-6-3-8(6)7(9)1-2-18/h5-9,18H,1-4,13H2,(H3,14,15,16,17)/t6-,7-,8-,9-/m0/s1. The molecule has 0 spiro atoms. The normalized spacial score (nSPS) is 33.2. The van der Waals surface area contributed by atoms with Crippen molar-refractivity contribution in [2.24, 2.45) is 17.8 Å². The number of nitrogens with two attached hydrogens (primary N) is 2. The first kappa shape index (κ1) is 11.5. The number of rotatable bonds is 4. The van der Waals surface area contributed by atoms with E-state index in [-0.39, 0.29) is 6.61 Å². The van der Waals surface area contributed by atoms with Crippen LogP contribution in [-0.2, 0) is 0 Å². The Morgan fingerprint density at radius 1 is 1.33 bits per heavy atom. The van der Waals surface area contributed by atoms with E-state index in [1.54, 1.807) is 0 Å². The van der Waals surface area contributed by atoms with Crippen LogP contribution in [0.15, 0.2) is 6.33 Å². The Kier molecular flexibility index (Phi) is 2.74. The second kappa shape index (κ2) is 4.28. The third kappa shape index (κ3) is 1.86. The van der Waals surface area contributed by atoms with Crippen LogP contribution in [0.3, 0.4) is 0 Å². The highest BCUT2D eigenvalue weighted by Crippen LogP contribution is 2.57. The molecule has 0 unspecified atom stereocenters. The molecule has 6 N–H and O–H groups in total. The number of nitrogens with zero attached hydrogens (tertiary/aromatic N) is 2. The number of anilines is 3. The van der Waals surface area contributed by atoms with Crippen molar-refractivity contribution in [3.63, 3.8) is 0 Å². The summed E-state index contributed by atoms with van der Waals surface area (Å²) in [6.07, 6.45) is 4.72. The maximum absolute atomic E-state index is 9.15. The molecule has 6 nitrogen and oxygen atoms in total. The molecule has 98 valence electrons. The highest BCUT2D eigenvalue weighted by atomic mass is 16.3. The molecule has 0 aliphatic heterocycles. The van der Waals surface area contributed by atoms with Crippen LogP contribution < -0.4 is 16.8 Å². The SMILES string of the molecule is Nc1ncnc(N[C@H]2C[C@@H]3C[C@@H]3[C@@H]2CCO)c1N. The maximum atomic E-state index is 9.15. The minimum Gasteiger partial charge on any atom is -0.396 e. The number of fused-ring (bicyclic) bond motifs is 1. The Balaban J connectivity index is 1.74. The predicted molar refractivity (Wildman–Crippen MR) is 69.7 cm³/mol. The van der Waals surface area contributed by atoms with Crippen molar-refractivity contribution in [3.8, 4) is 0 Å². The van der Waals surface area contributed by atoms with Gasteiger partial charge in [-0.3, -0.25) is 0 Å². The molecule has 2 aliphatic rings. The first-order valence-electron chi connectivity index (χ1n) is 6.44. The molecule has 2 saturated carbocycles. The monoisotopic (exact) mass is 249 g/mol. The van der Waals surface area contributed by atoms with Crippen molar-refractivity contribution in [3.05, 3.63) is 6.33 Å². The Hall–Kier alpha value is -1.56. The van der Waals surface area contributed by atoms with Crippen LogP contribution in [0, 0.1) is 17.8 Å². The van der Waals surface area contributed by atoms with Crippen molar-refractivity contribution in [1.29, 1.82) is 0 Å². The number of aromatic nitrogens is 2. The molecule has 0 radical (unpaired) electrons. The Morgan fingerprint density at radius 2 is 2.17 bits per heavy atom. The van der Waals surface area contributed by atoms with Crippen LogP contribution in [0.25, 0.3) is 0 Å². The van der Waals surface area contributed by atoms with E-state index >= 15 is 0 Å². The Labute approximate surface area is 106 Å². The molecule has 3 rings (SSSR count). The first-order valence-corrected chi connectivity index (χ1v) is 6.44. The topological polar surface area (TPSA) is 110 Å². The number of nitrogens with one attached hydrogen (secondary N) is 1. The summed E-state index contributed by atoms with van der Waals surface area (Å²) >= 11 is 0. The van der Waals surface area contributed by atoms with Crippen LogP contribution in [0.5, 0.6) is 0 Å². The van der Waals surface area contributed by atoms with Crippen LogP contribution in [-0.4, -0.2) is 27.7 Å².